The van der Waals surface area contributed by atoms with Gasteiger partial charge in [0, 0.05) is 13.6 Å². The summed E-state index contributed by atoms with van der Waals surface area (Å²) in [5.41, 5.74) is 0.439. The van der Waals surface area contributed by atoms with Crippen molar-refractivity contribution < 1.29 is 27.5 Å². The number of hydrogen-bond donors (Lipinski definition) is 1. The number of carbonyl (C=O) groups is 1. The average Bonchev–Trinajstić information content (AvgIpc) is 2.30. The minimum absolute atomic E-state index is 0.0226. The second-order valence-corrected chi connectivity index (χ2v) is 3.75. The van der Waals surface area contributed by atoms with E-state index in [1.165, 1.54) is 24.3 Å². The fourth-order valence-corrected chi connectivity index (χ4v) is 1.29. The molecule has 0 aromatic heterocycles. The van der Waals surface area contributed by atoms with E-state index < -0.39 is 18.3 Å². The third kappa shape index (κ3) is 3.12. The molecular weight excluding hydrogens is 254 g/mol. The number of phenolic OH excluding ortho intramolecular Hbond substituents is 1. The van der Waals surface area contributed by atoms with Crippen LogP contribution in [0.3, 0.4) is 0 Å². The molecular formula is C11H11F4NO2. The highest BCUT2D eigenvalue weighted by Gasteiger charge is 2.50. The Morgan fingerprint density at radius 2 is 1.83 bits per heavy atom. The van der Waals surface area contributed by atoms with Gasteiger partial charge in [-0.2, -0.15) is 8.78 Å². The standard InChI is InChI=1S/C11H11F4NO2/c1-16(10(18)11(14,15)9(12)13)6-7-2-4-8(17)5-3-7/h2-5,9,17H,6H2,1H3. The van der Waals surface area contributed by atoms with Crippen molar-refractivity contribution in [3.8, 4) is 5.75 Å². The molecule has 3 nitrogen and oxygen atoms in total. The summed E-state index contributed by atoms with van der Waals surface area (Å²) in [6, 6.07) is 5.41. The van der Waals surface area contributed by atoms with Gasteiger partial charge in [0.1, 0.15) is 5.75 Å². The highest BCUT2D eigenvalue weighted by Crippen LogP contribution is 2.25. The molecule has 1 aromatic carbocycles. The van der Waals surface area contributed by atoms with Crippen LogP contribution in [0.2, 0.25) is 0 Å². The van der Waals surface area contributed by atoms with Gasteiger partial charge in [-0.25, -0.2) is 8.78 Å². The maximum absolute atomic E-state index is 12.8. The summed E-state index contributed by atoms with van der Waals surface area (Å²) in [4.78, 5) is 11.6. The second kappa shape index (κ2) is 5.24. The molecule has 1 rings (SSSR count). The predicted octanol–water partition coefficient (Wildman–Crippen LogP) is 2.25. The number of amides is 1. The van der Waals surface area contributed by atoms with Crippen LogP contribution in [0.5, 0.6) is 5.75 Å². The van der Waals surface area contributed by atoms with Crippen LogP contribution in [0.1, 0.15) is 5.56 Å². The first-order valence-electron chi connectivity index (χ1n) is 4.94. The van der Waals surface area contributed by atoms with E-state index >= 15 is 0 Å². The molecule has 0 aliphatic rings. The quantitative estimate of drug-likeness (QED) is 0.848. The van der Waals surface area contributed by atoms with E-state index in [9.17, 15) is 22.4 Å². The lowest BCUT2D eigenvalue weighted by atomic mass is 10.2. The first-order valence-corrected chi connectivity index (χ1v) is 4.94. The highest BCUT2D eigenvalue weighted by molar-refractivity contribution is 5.83. The molecule has 0 heterocycles. The molecule has 0 saturated heterocycles. The van der Waals surface area contributed by atoms with Crippen LogP contribution in [0, 0.1) is 0 Å². The molecule has 1 amide bonds. The molecule has 0 fully saturated rings. The largest absolute Gasteiger partial charge is 0.508 e. The SMILES string of the molecule is CN(Cc1ccc(O)cc1)C(=O)C(F)(F)C(F)F. The number of benzene rings is 1. The first kappa shape index (κ1) is 14.3. The smallest absolute Gasteiger partial charge is 0.383 e. The number of halogens is 4. The first-order chi connectivity index (χ1) is 8.25. The number of rotatable bonds is 4. The lowest BCUT2D eigenvalue weighted by Gasteiger charge is -2.22. The number of nitrogens with zero attached hydrogens (tertiary/aromatic N) is 1. The number of phenols is 1. The molecule has 0 radical (unpaired) electrons. The molecule has 0 saturated carbocycles. The zero-order valence-electron chi connectivity index (χ0n) is 9.41. The minimum Gasteiger partial charge on any atom is -0.508 e. The second-order valence-electron chi connectivity index (χ2n) is 3.75. The van der Waals surface area contributed by atoms with E-state index in [0.29, 0.717) is 10.5 Å². The van der Waals surface area contributed by atoms with Gasteiger partial charge >= 0.3 is 12.3 Å². The summed E-state index contributed by atoms with van der Waals surface area (Å²) in [6.45, 7) is -0.249. The number of aromatic hydroxyl groups is 1. The molecule has 0 aliphatic carbocycles. The Morgan fingerprint density at radius 1 is 1.33 bits per heavy atom. The summed E-state index contributed by atoms with van der Waals surface area (Å²) in [7, 11) is 1.01. The highest BCUT2D eigenvalue weighted by atomic mass is 19.3. The molecule has 1 N–H and O–H groups in total. The van der Waals surface area contributed by atoms with Crippen LogP contribution < -0.4 is 0 Å². The molecule has 0 atom stereocenters. The number of alkyl halides is 4. The Kier molecular flexibility index (Phi) is 4.15. The van der Waals surface area contributed by atoms with Crippen LogP contribution in [0.15, 0.2) is 24.3 Å². The Bertz CT molecular complexity index is 420. The molecule has 100 valence electrons. The van der Waals surface area contributed by atoms with Crippen molar-refractivity contribution >= 4 is 5.91 Å². The van der Waals surface area contributed by atoms with Crippen molar-refractivity contribution in [2.75, 3.05) is 7.05 Å². The van der Waals surface area contributed by atoms with Crippen LogP contribution in [-0.2, 0) is 11.3 Å². The van der Waals surface area contributed by atoms with Gasteiger partial charge in [0.25, 0.3) is 5.91 Å². The Balaban J connectivity index is 2.74. The molecule has 1 aromatic rings. The Hall–Kier alpha value is -1.79. The van der Waals surface area contributed by atoms with Crippen molar-refractivity contribution in [3.63, 3.8) is 0 Å². The normalized spacial score (nSPS) is 11.7. The summed E-state index contributed by atoms with van der Waals surface area (Å²) in [5, 5.41) is 9.00. The van der Waals surface area contributed by atoms with E-state index in [1.54, 1.807) is 0 Å². The summed E-state index contributed by atoms with van der Waals surface area (Å²) >= 11 is 0. The minimum atomic E-state index is -4.69. The fourth-order valence-electron chi connectivity index (χ4n) is 1.29. The predicted molar refractivity (Wildman–Crippen MR) is 55.5 cm³/mol. The molecule has 0 unspecified atom stereocenters. The van der Waals surface area contributed by atoms with Gasteiger partial charge in [0.2, 0.25) is 0 Å². The van der Waals surface area contributed by atoms with Gasteiger partial charge in [-0.05, 0) is 17.7 Å². The summed E-state index contributed by atoms with van der Waals surface area (Å²) in [5.74, 6) is -6.65. The Morgan fingerprint density at radius 3 is 2.28 bits per heavy atom. The van der Waals surface area contributed by atoms with Crippen molar-refractivity contribution in [2.24, 2.45) is 0 Å². The van der Waals surface area contributed by atoms with Gasteiger partial charge in [-0.3, -0.25) is 4.79 Å². The van der Waals surface area contributed by atoms with Crippen molar-refractivity contribution in [1.82, 2.24) is 4.90 Å². The number of hydrogen-bond acceptors (Lipinski definition) is 2. The molecule has 0 spiro atoms. The number of carbonyl (C=O) groups excluding carboxylic acids is 1. The molecule has 0 bridgehead atoms. The van der Waals surface area contributed by atoms with Gasteiger partial charge in [0.15, 0.2) is 0 Å². The maximum Gasteiger partial charge on any atom is 0.383 e. The van der Waals surface area contributed by atoms with Crippen LogP contribution >= 0.6 is 0 Å². The van der Waals surface area contributed by atoms with E-state index in [1.807, 2.05) is 0 Å². The lowest BCUT2D eigenvalue weighted by molar-refractivity contribution is -0.179. The molecule has 0 aliphatic heterocycles. The maximum atomic E-state index is 12.8. The third-order valence-electron chi connectivity index (χ3n) is 2.26. The van der Waals surface area contributed by atoms with Crippen molar-refractivity contribution in [3.05, 3.63) is 29.8 Å². The van der Waals surface area contributed by atoms with E-state index in [0.717, 1.165) is 7.05 Å². The Labute approximate surface area is 101 Å². The average molecular weight is 265 g/mol. The van der Waals surface area contributed by atoms with Crippen molar-refractivity contribution in [1.29, 1.82) is 0 Å². The summed E-state index contributed by atoms with van der Waals surface area (Å²) in [6.07, 6.45) is -4.03. The molecule has 18 heavy (non-hydrogen) atoms. The topological polar surface area (TPSA) is 40.5 Å². The van der Waals surface area contributed by atoms with Gasteiger partial charge in [-0.1, -0.05) is 12.1 Å². The van der Waals surface area contributed by atoms with Gasteiger partial charge in [-0.15, -0.1) is 0 Å². The van der Waals surface area contributed by atoms with Gasteiger partial charge < -0.3 is 10.0 Å². The zero-order valence-corrected chi connectivity index (χ0v) is 9.41. The zero-order chi connectivity index (χ0) is 13.9. The molecule has 7 heteroatoms. The summed E-state index contributed by atoms with van der Waals surface area (Å²) < 4.78 is 49.5. The third-order valence-corrected chi connectivity index (χ3v) is 2.26. The van der Waals surface area contributed by atoms with Crippen LogP contribution in [0.25, 0.3) is 0 Å². The van der Waals surface area contributed by atoms with Crippen LogP contribution in [0.4, 0.5) is 17.6 Å². The lowest BCUT2D eigenvalue weighted by Crippen LogP contribution is -2.45. The van der Waals surface area contributed by atoms with E-state index in [2.05, 4.69) is 0 Å². The van der Waals surface area contributed by atoms with E-state index in [4.69, 9.17) is 5.11 Å². The van der Waals surface area contributed by atoms with Crippen molar-refractivity contribution in [2.45, 2.75) is 18.9 Å². The van der Waals surface area contributed by atoms with E-state index in [-0.39, 0.29) is 12.3 Å². The van der Waals surface area contributed by atoms with Gasteiger partial charge in [0.05, 0.1) is 0 Å². The van der Waals surface area contributed by atoms with Crippen LogP contribution in [-0.4, -0.2) is 35.3 Å². The fraction of sp³-hybridized carbons (Fsp3) is 0.364. The monoisotopic (exact) mass is 265 g/mol.